The quantitative estimate of drug-likeness (QED) is 0.440. The van der Waals surface area contributed by atoms with E-state index in [9.17, 15) is 19.5 Å². The topological polar surface area (TPSA) is 96.2 Å². The number of methoxy groups -OCH3 is 2. The van der Waals surface area contributed by atoms with E-state index < -0.39 is 10.8 Å². The molecular formula is C25H26O6S. The van der Waals surface area contributed by atoms with Crippen molar-refractivity contribution >= 4 is 10.8 Å². The van der Waals surface area contributed by atoms with Crippen LogP contribution in [0.2, 0.25) is 0 Å². The van der Waals surface area contributed by atoms with Gasteiger partial charge in [-0.15, -0.1) is 0 Å². The summed E-state index contributed by atoms with van der Waals surface area (Å²) in [6, 6.07) is 12.9. The molecule has 0 aliphatic heterocycles. The second-order valence-electron chi connectivity index (χ2n) is 7.48. The lowest BCUT2D eigenvalue weighted by atomic mass is 9.96. The van der Waals surface area contributed by atoms with Crippen molar-refractivity contribution in [1.29, 1.82) is 0 Å². The highest BCUT2D eigenvalue weighted by Gasteiger charge is 2.22. The van der Waals surface area contributed by atoms with Gasteiger partial charge in [-0.2, -0.15) is 0 Å². The summed E-state index contributed by atoms with van der Waals surface area (Å²) in [5.74, 6) is 0.621. The average Bonchev–Trinajstić information content (AvgIpc) is 2.77. The van der Waals surface area contributed by atoms with Crippen molar-refractivity contribution in [3.05, 3.63) is 60.0 Å². The molecule has 0 spiro atoms. The number of allylic oxidation sites excluding steroid dienone is 1. The second-order valence-corrected chi connectivity index (χ2v) is 8.79. The first-order chi connectivity index (χ1) is 15.3. The van der Waals surface area contributed by atoms with Crippen LogP contribution < -0.4 is 9.47 Å². The van der Waals surface area contributed by atoms with E-state index in [2.05, 4.69) is 0 Å². The van der Waals surface area contributed by atoms with Crippen LogP contribution in [0.3, 0.4) is 0 Å². The van der Waals surface area contributed by atoms with Crippen molar-refractivity contribution in [3.8, 4) is 51.0 Å². The van der Waals surface area contributed by atoms with E-state index >= 15 is 0 Å². The van der Waals surface area contributed by atoms with E-state index in [1.165, 1.54) is 32.4 Å². The van der Waals surface area contributed by atoms with Crippen LogP contribution in [0.15, 0.2) is 64.9 Å². The molecule has 0 radical (unpaired) electrons. The molecule has 3 aromatic rings. The third-order valence-corrected chi connectivity index (χ3v) is 6.06. The number of hydrogen-bond acceptors (Lipinski definition) is 6. The molecule has 0 saturated heterocycles. The first-order valence-corrected chi connectivity index (χ1v) is 11.2. The van der Waals surface area contributed by atoms with Gasteiger partial charge in [-0.3, -0.25) is 0 Å². The van der Waals surface area contributed by atoms with Crippen molar-refractivity contribution in [3.63, 3.8) is 0 Å². The minimum Gasteiger partial charge on any atom is -0.508 e. The molecule has 0 aromatic heterocycles. The Balaban J connectivity index is 2.13. The molecule has 7 heteroatoms. The highest BCUT2D eigenvalue weighted by molar-refractivity contribution is 7.88. The van der Waals surface area contributed by atoms with Crippen LogP contribution in [-0.2, 0) is 10.8 Å². The molecule has 3 rings (SSSR count). The van der Waals surface area contributed by atoms with Crippen LogP contribution >= 0.6 is 0 Å². The van der Waals surface area contributed by atoms with Gasteiger partial charge in [-0.25, -0.2) is 4.21 Å². The zero-order valence-corrected chi connectivity index (χ0v) is 19.1. The summed E-state index contributed by atoms with van der Waals surface area (Å²) in [6.45, 7) is 3.95. The molecule has 32 heavy (non-hydrogen) atoms. The van der Waals surface area contributed by atoms with E-state index in [4.69, 9.17) is 9.47 Å². The van der Waals surface area contributed by atoms with Crippen molar-refractivity contribution in [2.75, 3.05) is 14.2 Å². The SMILES string of the molecule is COc1cc(-c2ccc(O)cc2)c(OC)c(O)c1-c1ccc(S(=O)C=CC(C)C)c(O)c1. The molecule has 168 valence electrons. The predicted molar refractivity (Wildman–Crippen MR) is 126 cm³/mol. The number of rotatable bonds is 7. The van der Waals surface area contributed by atoms with Crippen LogP contribution in [0.25, 0.3) is 22.3 Å². The van der Waals surface area contributed by atoms with Crippen molar-refractivity contribution in [2.45, 2.75) is 18.7 Å². The summed E-state index contributed by atoms with van der Waals surface area (Å²) in [5, 5.41) is 32.7. The third kappa shape index (κ3) is 4.73. The van der Waals surface area contributed by atoms with Gasteiger partial charge in [0.15, 0.2) is 11.5 Å². The Morgan fingerprint density at radius 2 is 1.56 bits per heavy atom. The minimum absolute atomic E-state index is 0.122. The third-order valence-electron chi connectivity index (χ3n) is 4.87. The van der Waals surface area contributed by atoms with E-state index in [1.807, 2.05) is 19.9 Å². The Kier molecular flexibility index (Phi) is 7.10. The molecule has 3 aromatic carbocycles. The average molecular weight is 455 g/mol. The Hall–Kier alpha value is -3.45. The van der Waals surface area contributed by atoms with Gasteiger partial charge in [0, 0.05) is 11.0 Å². The number of aromatic hydroxyl groups is 3. The fourth-order valence-electron chi connectivity index (χ4n) is 3.27. The molecule has 1 atom stereocenters. The van der Waals surface area contributed by atoms with Crippen molar-refractivity contribution in [2.24, 2.45) is 5.92 Å². The van der Waals surface area contributed by atoms with Gasteiger partial charge in [0.05, 0.1) is 35.5 Å². The normalized spacial score (nSPS) is 12.3. The van der Waals surface area contributed by atoms with Gasteiger partial charge < -0.3 is 24.8 Å². The maximum atomic E-state index is 12.5. The molecule has 0 saturated carbocycles. The fraction of sp³-hybridized carbons (Fsp3) is 0.200. The van der Waals surface area contributed by atoms with Crippen LogP contribution in [0.1, 0.15) is 13.8 Å². The van der Waals surface area contributed by atoms with Gasteiger partial charge in [0.2, 0.25) is 0 Å². The molecule has 6 nitrogen and oxygen atoms in total. The molecule has 0 heterocycles. The zero-order valence-electron chi connectivity index (χ0n) is 18.3. The lowest BCUT2D eigenvalue weighted by molar-refractivity contribution is 0.369. The van der Waals surface area contributed by atoms with Gasteiger partial charge >= 0.3 is 0 Å². The Morgan fingerprint density at radius 3 is 2.12 bits per heavy atom. The first-order valence-electron chi connectivity index (χ1n) is 9.96. The number of ether oxygens (including phenoxy) is 2. The van der Waals surface area contributed by atoms with Gasteiger partial charge in [0.25, 0.3) is 0 Å². The highest BCUT2D eigenvalue weighted by Crippen LogP contribution is 2.50. The maximum Gasteiger partial charge on any atom is 0.170 e. The van der Waals surface area contributed by atoms with Gasteiger partial charge in [-0.1, -0.05) is 38.1 Å². The molecular weight excluding hydrogens is 428 g/mol. The van der Waals surface area contributed by atoms with Crippen molar-refractivity contribution < 1.29 is 29.0 Å². The molecule has 0 fully saturated rings. The predicted octanol–water partition coefficient (Wildman–Crippen LogP) is 5.43. The van der Waals surface area contributed by atoms with E-state index in [0.29, 0.717) is 28.0 Å². The molecule has 3 N–H and O–H groups in total. The summed E-state index contributed by atoms with van der Waals surface area (Å²) in [4.78, 5) is 0.275. The Labute approximate surface area is 189 Å². The summed E-state index contributed by atoms with van der Waals surface area (Å²) >= 11 is 0. The van der Waals surface area contributed by atoms with E-state index in [0.717, 1.165) is 0 Å². The maximum absolute atomic E-state index is 12.5. The number of benzene rings is 3. The van der Waals surface area contributed by atoms with E-state index in [-0.39, 0.29) is 33.8 Å². The smallest absolute Gasteiger partial charge is 0.170 e. The fourth-order valence-corrected chi connectivity index (χ4v) is 4.34. The molecule has 0 amide bonds. The van der Waals surface area contributed by atoms with Crippen LogP contribution in [-0.4, -0.2) is 33.7 Å². The minimum atomic E-state index is -1.50. The lowest BCUT2D eigenvalue weighted by Gasteiger charge is -2.18. The van der Waals surface area contributed by atoms with Gasteiger partial charge in [0.1, 0.15) is 17.2 Å². The molecule has 0 bridgehead atoms. The molecule has 0 aliphatic rings. The molecule has 0 aliphatic carbocycles. The zero-order chi connectivity index (χ0) is 23.4. The van der Waals surface area contributed by atoms with Crippen LogP contribution in [0, 0.1) is 5.92 Å². The largest absolute Gasteiger partial charge is 0.508 e. The number of phenolic OH excluding ortho intramolecular Hbond substituents is 3. The standard InChI is InChI=1S/C25H26O6S/c1-15(2)11-12-32(29)22-10-7-17(13-20(22)27)23-21(30-3)14-19(25(31-4)24(23)28)16-5-8-18(26)9-6-16/h5-15,26-28H,1-4H3. The summed E-state index contributed by atoms with van der Waals surface area (Å²) < 4.78 is 23.5. The summed E-state index contributed by atoms with van der Waals surface area (Å²) in [6.07, 6.45) is 1.81. The van der Waals surface area contributed by atoms with Crippen molar-refractivity contribution in [1.82, 2.24) is 0 Å². The highest BCUT2D eigenvalue weighted by atomic mass is 32.2. The Bertz CT molecular complexity index is 1170. The summed E-state index contributed by atoms with van der Waals surface area (Å²) in [5.41, 5.74) is 2.09. The number of hydrogen-bond donors (Lipinski definition) is 3. The summed E-state index contributed by atoms with van der Waals surface area (Å²) in [7, 11) is 1.42. The molecule has 1 unspecified atom stereocenters. The monoisotopic (exact) mass is 454 g/mol. The first kappa shape index (κ1) is 23.2. The lowest BCUT2D eigenvalue weighted by Crippen LogP contribution is -1.96. The number of phenols is 3. The van der Waals surface area contributed by atoms with E-state index in [1.54, 1.807) is 35.7 Å². The van der Waals surface area contributed by atoms with Gasteiger partial charge in [-0.05, 0) is 47.4 Å². The Morgan fingerprint density at radius 1 is 0.906 bits per heavy atom. The van der Waals surface area contributed by atoms with Crippen LogP contribution in [0.4, 0.5) is 0 Å². The second kappa shape index (κ2) is 9.78. The van der Waals surface area contributed by atoms with Crippen LogP contribution in [0.5, 0.6) is 28.7 Å².